The summed E-state index contributed by atoms with van der Waals surface area (Å²) in [4.78, 5) is 37.7. The molecule has 0 aromatic heterocycles. The van der Waals surface area contributed by atoms with Gasteiger partial charge in [0, 0.05) is 14.1 Å². The van der Waals surface area contributed by atoms with E-state index in [1.807, 2.05) is 0 Å². The summed E-state index contributed by atoms with van der Waals surface area (Å²) in [6.07, 6.45) is 10.3. The van der Waals surface area contributed by atoms with E-state index in [1.165, 1.54) is 68.8 Å². The molecule has 0 N–H and O–H groups in total. The Labute approximate surface area is 164 Å². The first-order valence-electron chi connectivity index (χ1n) is 10.2. The smallest absolute Gasteiger partial charge is 0.409 e. The molecule has 0 aromatic carbocycles. The second kappa shape index (κ2) is 16.4. The quantitative estimate of drug-likeness (QED) is 0.317. The number of esters is 1. The summed E-state index contributed by atoms with van der Waals surface area (Å²) in [5, 5.41) is 0. The third-order valence-electron chi connectivity index (χ3n) is 4.25. The Hall–Kier alpha value is -1.79. The van der Waals surface area contributed by atoms with Crippen molar-refractivity contribution < 1.29 is 23.9 Å². The van der Waals surface area contributed by atoms with Crippen molar-refractivity contribution in [3.63, 3.8) is 0 Å². The molecule has 2 amide bonds. The van der Waals surface area contributed by atoms with Gasteiger partial charge in [-0.2, -0.15) is 0 Å². The van der Waals surface area contributed by atoms with Crippen LogP contribution in [0.5, 0.6) is 0 Å². The zero-order valence-corrected chi connectivity index (χ0v) is 17.6. The molecular formula is C20H38N2O5. The molecule has 0 saturated carbocycles. The lowest BCUT2D eigenvalue weighted by molar-refractivity contribution is -0.148. The number of nitrogens with zero attached hydrogens (tertiary/aromatic N) is 2. The Balaban J connectivity index is 3.73. The van der Waals surface area contributed by atoms with Crippen LogP contribution in [0.15, 0.2) is 0 Å². The Morgan fingerprint density at radius 2 is 1.26 bits per heavy atom. The highest BCUT2D eigenvalue weighted by Gasteiger charge is 2.18. The van der Waals surface area contributed by atoms with Crippen LogP contribution in [0, 0.1) is 0 Å². The van der Waals surface area contributed by atoms with Crippen molar-refractivity contribution >= 4 is 18.0 Å². The van der Waals surface area contributed by atoms with Crippen LogP contribution >= 0.6 is 0 Å². The molecule has 158 valence electrons. The molecular weight excluding hydrogens is 348 g/mol. The second-order valence-electron chi connectivity index (χ2n) is 6.85. The Morgan fingerprint density at radius 3 is 1.81 bits per heavy atom. The standard InChI is InChI=1S/C20H38N2O5/c1-5-7-8-9-10-11-12-13-14-15-27-19(24)17-21(3)18(23)16-22(4)20(25)26-6-2/h5-17H2,1-4H3. The molecule has 7 heteroatoms. The van der Waals surface area contributed by atoms with E-state index < -0.39 is 12.1 Å². The highest BCUT2D eigenvalue weighted by molar-refractivity contribution is 5.85. The van der Waals surface area contributed by atoms with E-state index in [1.54, 1.807) is 6.92 Å². The number of ether oxygens (including phenoxy) is 2. The molecule has 0 unspecified atom stereocenters. The first-order chi connectivity index (χ1) is 12.9. The van der Waals surface area contributed by atoms with Crippen LogP contribution in [-0.4, -0.2) is 68.2 Å². The van der Waals surface area contributed by atoms with Gasteiger partial charge in [-0.05, 0) is 13.3 Å². The lowest BCUT2D eigenvalue weighted by Gasteiger charge is -2.21. The van der Waals surface area contributed by atoms with Gasteiger partial charge in [0.1, 0.15) is 13.1 Å². The highest BCUT2D eigenvalue weighted by atomic mass is 16.6. The molecule has 0 bridgehead atoms. The number of carbonyl (C=O) groups is 3. The zero-order valence-electron chi connectivity index (χ0n) is 17.6. The summed E-state index contributed by atoms with van der Waals surface area (Å²) < 4.78 is 9.98. The van der Waals surface area contributed by atoms with E-state index in [4.69, 9.17) is 9.47 Å². The van der Waals surface area contributed by atoms with Crippen molar-refractivity contribution in [3.8, 4) is 0 Å². The van der Waals surface area contributed by atoms with Gasteiger partial charge in [0.2, 0.25) is 5.91 Å². The Morgan fingerprint density at radius 1 is 0.704 bits per heavy atom. The molecule has 27 heavy (non-hydrogen) atoms. The van der Waals surface area contributed by atoms with E-state index in [2.05, 4.69) is 6.92 Å². The molecule has 7 nitrogen and oxygen atoms in total. The van der Waals surface area contributed by atoms with Crippen molar-refractivity contribution in [2.45, 2.75) is 71.6 Å². The van der Waals surface area contributed by atoms with Crippen molar-refractivity contribution in [2.75, 3.05) is 40.4 Å². The average molecular weight is 387 g/mol. The van der Waals surface area contributed by atoms with Gasteiger partial charge in [0.25, 0.3) is 0 Å². The van der Waals surface area contributed by atoms with Crippen LogP contribution in [0.2, 0.25) is 0 Å². The van der Waals surface area contributed by atoms with E-state index >= 15 is 0 Å². The number of carbonyl (C=O) groups excluding carboxylic acids is 3. The minimum atomic E-state index is -0.563. The molecule has 0 rings (SSSR count). The third-order valence-corrected chi connectivity index (χ3v) is 4.25. The van der Waals surface area contributed by atoms with Crippen molar-refractivity contribution in [2.24, 2.45) is 0 Å². The maximum Gasteiger partial charge on any atom is 0.409 e. The summed E-state index contributed by atoms with van der Waals surface area (Å²) >= 11 is 0. The normalized spacial score (nSPS) is 10.4. The van der Waals surface area contributed by atoms with Gasteiger partial charge in [0.05, 0.1) is 13.2 Å². The molecule has 0 saturated heterocycles. The minimum absolute atomic E-state index is 0.118. The lowest BCUT2D eigenvalue weighted by Crippen LogP contribution is -2.41. The van der Waals surface area contributed by atoms with Crippen molar-refractivity contribution in [3.05, 3.63) is 0 Å². The average Bonchev–Trinajstić information content (AvgIpc) is 2.63. The Bertz CT molecular complexity index is 429. The molecule has 0 aliphatic rings. The summed E-state index contributed by atoms with van der Waals surface area (Å²) in [5.74, 6) is -0.769. The van der Waals surface area contributed by atoms with E-state index in [9.17, 15) is 14.4 Å². The predicted molar refractivity (Wildman–Crippen MR) is 105 cm³/mol. The van der Waals surface area contributed by atoms with E-state index in [0.717, 1.165) is 12.8 Å². The van der Waals surface area contributed by atoms with Crippen LogP contribution in [0.1, 0.15) is 71.6 Å². The molecule has 0 aliphatic heterocycles. The first kappa shape index (κ1) is 25.2. The van der Waals surface area contributed by atoms with Gasteiger partial charge < -0.3 is 19.3 Å². The van der Waals surface area contributed by atoms with Gasteiger partial charge in [-0.15, -0.1) is 0 Å². The summed E-state index contributed by atoms with van der Waals surface area (Å²) in [6, 6.07) is 0. The fourth-order valence-electron chi connectivity index (χ4n) is 2.55. The largest absolute Gasteiger partial charge is 0.464 e. The highest BCUT2D eigenvalue weighted by Crippen LogP contribution is 2.09. The molecule has 0 radical (unpaired) electrons. The summed E-state index contributed by atoms with van der Waals surface area (Å²) in [5.41, 5.74) is 0. The molecule has 0 atom stereocenters. The number of likely N-dealkylation sites (N-methyl/N-ethyl adjacent to an activating group) is 2. The van der Waals surface area contributed by atoms with Gasteiger partial charge in [0.15, 0.2) is 0 Å². The monoisotopic (exact) mass is 386 g/mol. The van der Waals surface area contributed by atoms with Crippen LogP contribution in [0.3, 0.4) is 0 Å². The van der Waals surface area contributed by atoms with Crippen LogP contribution in [-0.2, 0) is 19.1 Å². The van der Waals surface area contributed by atoms with Crippen molar-refractivity contribution in [1.82, 2.24) is 9.80 Å². The Kier molecular flexibility index (Phi) is 15.3. The predicted octanol–water partition coefficient (Wildman–Crippen LogP) is 3.61. The first-order valence-corrected chi connectivity index (χ1v) is 10.2. The number of hydrogen-bond acceptors (Lipinski definition) is 5. The van der Waals surface area contributed by atoms with Gasteiger partial charge >= 0.3 is 12.1 Å². The van der Waals surface area contributed by atoms with Gasteiger partial charge in [-0.3, -0.25) is 9.59 Å². The zero-order chi connectivity index (χ0) is 20.5. The number of hydrogen-bond donors (Lipinski definition) is 0. The van der Waals surface area contributed by atoms with Crippen LogP contribution in [0.25, 0.3) is 0 Å². The number of unbranched alkanes of at least 4 members (excludes halogenated alkanes) is 8. The topological polar surface area (TPSA) is 76.2 Å². The second-order valence-corrected chi connectivity index (χ2v) is 6.85. The number of amides is 2. The number of rotatable bonds is 15. The van der Waals surface area contributed by atoms with Crippen molar-refractivity contribution in [1.29, 1.82) is 0 Å². The van der Waals surface area contributed by atoms with Crippen LogP contribution < -0.4 is 0 Å². The fourth-order valence-corrected chi connectivity index (χ4v) is 2.55. The third kappa shape index (κ3) is 14.0. The molecule has 0 spiro atoms. The lowest BCUT2D eigenvalue weighted by atomic mass is 10.1. The SMILES string of the molecule is CCCCCCCCCCCOC(=O)CN(C)C(=O)CN(C)C(=O)OCC. The molecule has 0 heterocycles. The summed E-state index contributed by atoms with van der Waals surface area (Å²) in [7, 11) is 2.99. The van der Waals surface area contributed by atoms with Gasteiger partial charge in [-0.25, -0.2) is 4.79 Å². The van der Waals surface area contributed by atoms with E-state index in [-0.39, 0.29) is 25.6 Å². The molecule has 0 fully saturated rings. The molecule has 0 aliphatic carbocycles. The molecule has 0 aromatic rings. The maximum atomic E-state index is 12.0. The van der Waals surface area contributed by atoms with Crippen LogP contribution in [0.4, 0.5) is 4.79 Å². The summed E-state index contributed by atoms with van der Waals surface area (Å²) in [6.45, 7) is 4.30. The van der Waals surface area contributed by atoms with E-state index in [0.29, 0.717) is 6.61 Å². The maximum absolute atomic E-state index is 12.0. The minimum Gasteiger partial charge on any atom is -0.464 e. The van der Waals surface area contributed by atoms with Gasteiger partial charge in [-0.1, -0.05) is 58.3 Å². The fraction of sp³-hybridized carbons (Fsp3) is 0.850.